The van der Waals surface area contributed by atoms with Crippen molar-refractivity contribution in [2.24, 2.45) is 0 Å². The Balaban J connectivity index is 2.06. The lowest BCUT2D eigenvalue weighted by Gasteiger charge is -2.17. The van der Waals surface area contributed by atoms with E-state index in [1.807, 2.05) is 42.3 Å². The molecule has 0 bridgehead atoms. The van der Waals surface area contributed by atoms with Gasteiger partial charge in [0.05, 0.1) is 5.56 Å². The van der Waals surface area contributed by atoms with Gasteiger partial charge in [-0.15, -0.1) is 0 Å². The third-order valence-corrected chi connectivity index (χ3v) is 3.01. The largest absolute Gasteiger partial charge is 0.478 e. The van der Waals surface area contributed by atoms with Gasteiger partial charge >= 0.3 is 5.97 Å². The van der Waals surface area contributed by atoms with Crippen LogP contribution in [0.15, 0.2) is 48.5 Å². The molecule has 2 rings (SSSR count). The van der Waals surface area contributed by atoms with Crippen molar-refractivity contribution in [2.45, 2.75) is 13.1 Å². The highest BCUT2D eigenvalue weighted by Gasteiger charge is 2.11. The second kappa shape index (κ2) is 6.30. The molecule has 0 atom stereocenters. The first kappa shape index (κ1) is 14.2. The van der Waals surface area contributed by atoms with Crippen LogP contribution in [-0.2, 0) is 13.1 Å². The van der Waals surface area contributed by atoms with Gasteiger partial charge in [-0.3, -0.25) is 4.90 Å². The van der Waals surface area contributed by atoms with Crippen molar-refractivity contribution in [2.75, 3.05) is 7.05 Å². The number of rotatable bonds is 5. The van der Waals surface area contributed by atoms with Crippen LogP contribution < -0.4 is 0 Å². The summed E-state index contributed by atoms with van der Waals surface area (Å²) in [4.78, 5) is 12.9. The number of carboxylic acid groups (broad SMARTS) is 1. The Bertz CT molecular complexity index is 599. The Labute approximate surface area is 117 Å². The molecule has 3 nitrogen and oxygen atoms in total. The number of carboxylic acids is 1. The standard InChI is InChI=1S/C16H16FNO2/c1-18(10-12-5-3-2-4-6-12)11-13-7-8-15(17)14(9-13)16(19)20/h2-9H,10-11H2,1H3,(H,19,20). The fourth-order valence-electron chi connectivity index (χ4n) is 2.10. The zero-order chi connectivity index (χ0) is 14.5. The van der Waals surface area contributed by atoms with Crippen LogP contribution in [0.1, 0.15) is 21.5 Å². The molecule has 0 aromatic heterocycles. The minimum Gasteiger partial charge on any atom is -0.478 e. The fourth-order valence-corrected chi connectivity index (χ4v) is 2.10. The maximum atomic E-state index is 13.3. The summed E-state index contributed by atoms with van der Waals surface area (Å²) in [6, 6.07) is 14.2. The Morgan fingerprint density at radius 1 is 1.10 bits per heavy atom. The van der Waals surface area contributed by atoms with Crippen LogP contribution in [0, 0.1) is 5.82 Å². The molecule has 0 aliphatic heterocycles. The Morgan fingerprint density at radius 2 is 1.75 bits per heavy atom. The van der Waals surface area contributed by atoms with Crippen molar-refractivity contribution in [1.29, 1.82) is 0 Å². The lowest BCUT2D eigenvalue weighted by Crippen LogP contribution is -2.17. The molecule has 0 spiro atoms. The average molecular weight is 273 g/mol. The lowest BCUT2D eigenvalue weighted by atomic mass is 10.1. The molecule has 0 aliphatic carbocycles. The highest BCUT2D eigenvalue weighted by atomic mass is 19.1. The Hall–Kier alpha value is -2.20. The van der Waals surface area contributed by atoms with Gasteiger partial charge in [-0.25, -0.2) is 9.18 Å². The summed E-state index contributed by atoms with van der Waals surface area (Å²) in [5, 5.41) is 8.91. The summed E-state index contributed by atoms with van der Waals surface area (Å²) in [6.07, 6.45) is 0. The SMILES string of the molecule is CN(Cc1ccccc1)Cc1ccc(F)c(C(=O)O)c1. The average Bonchev–Trinajstić information content (AvgIpc) is 2.41. The van der Waals surface area contributed by atoms with Gasteiger partial charge in [0.2, 0.25) is 0 Å². The van der Waals surface area contributed by atoms with Gasteiger partial charge in [0, 0.05) is 13.1 Å². The monoisotopic (exact) mass is 273 g/mol. The van der Waals surface area contributed by atoms with Crippen molar-refractivity contribution in [3.63, 3.8) is 0 Å². The first-order valence-corrected chi connectivity index (χ1v) is 6.30. The van der Waals surface area contributed by atoms with E-state index < -0.39 is 11.8 Å². The van der Waals surface area contributed by atoms with E-state index in [9.17, 15) is 9.18 Å². The van der Waals surface area contributed by atoms with Crippen molar-refractivity contribution >= 4 is 5.97 Å². The molecule has 0 aliphatic rings. The highest BCUT2D eigenvalue weighted by molar-refractivity contribution is 5.88. The number of halogens is 1. The van der Waals surface area contributed by atoms with E-state index in [1.54, 1.807) is 6.07 Å². The van der Waals surface area contributed by atoms with Gasteiger partial charge in [0.15, 0.2) is 0 Å². The van der Waals surface area contributed by atoms with Gasteiger partial charge in [0.25, 0.3) is 0 Å². The minimum atomic E-state index is -1.24. The molecule has 0 unspecified atom stereocenters. The second-order valence-corrected chi connectivity index (χ2v) is 4.78. The molecule has 2 aromatic carbocycles. The summed E-state index contributed by atoms with van der Waals surface area (Å²) < 4.78 is 13.3. The van der Waals surface area contributed by atoms with Crippen molar-refractivity contribution < 1.29 is 14.3 Å². The zero-order valence-corrected chi connectivity index (χ0v) is 11.2. The Morgan fingerprint density at radius 3 is 2.40 bits per heavy atom. The summed E-state index contributed by atoms with van der Waals surface area (Å²) >= 11 is 0. The van der Waals surface area contributed by atoms with Crippen LogP contribution in [0.3, 0.4) is 0 Å². The number of aromatic carboxylic acids is 1. The van der Waals surface area contributed by atoms with E-state index in [1.165, 1.54) is 17.7 Å². The van der Waals surface area contributed by atoms with E-state index in [-0.39, 0.29) is 5.56 Å². The highest BCUT2D eigenvalue weighted by Crippen LogP contribution is 2.13. The van der Waals surface area contributed by atoms with Crippen molar-refractivity contribution in [3.05, 3.63) is 71.0 Å². The molecule has 2 aromatic rings. The molecule has 1 N–H and O–H groups in total. The predicted molar refractivity (Wildman–Crippen MR) is 75.0 cm³/mol. The molecule has 0 amide bonds. The fraction of sp³-hybridized carbons (Fsp3) is 0.188. The van der Waals surface area contributed by atoms with Crippen molar-refractivity contribution in [1.82, 2.24) is 4.90 Å². The quantitative estimate of drug-likeness (QED) is 0.909. The summed E-state index contributed by atoms with van der Waals surface area (Å²) in [6.45, 7) is 1.32. The molecule has 0 saturated carbocycles. The minimum absolute atomic E-state index is 0.282. The van der Waals surface area contributed by atoms with Crippen molar-refractivity contribution in [3.8, 4) is 0 Å². The van der Waals surface area contributed by atoms with Crippen LogP contribution in [0.25, 0.3) is 0 Å². The van der Waals surface area contributed by atoms with Crippen LogP contribution in [0.4, 0.5) is 4.39 Å². The van der Waals surface area contributed by atoms with Crippen LogP contribution in [-0.4, -0.2) is 23.0 Å². The van der Waals surface area contributed by atoms with E-state index in [0.29, 0.717) is 6.54 Å². The maximum Gasteiger partial charge on any atom is 0.338 e. The van der Waals surface area contributed by atoms with Crippen LogP contribution >= 0.6 is 0 Å². The summed E-state index contributed by atoms with van der Waals surface area (Å²) in [7, 11) is 1.94. The molecular formula is C16H16FNO2. The number of nitrogens with zero attached hydrogens (tertiary/aromatic N) is 1. The first-order chi connectivity index (χ1) is 9.56. The van der Waals surface area contributed by atoms with Gasteiger partial charge in [-0.2, -0.15) is 0 Å². The first-order valence-electron chi connectivity index (χ1n) is 6.30. The van der Waals surface area contributed by atoms with E-state index >= 15 is 0 Å². The van der Waals surface area contributed by atoms with Gasteiger partial charge in [0.1, 0.15) is 5.82 Å². The van der Waals surface area contributed by atoms with Gasteiger partial charge in [-0.05, 0) is 30.3 Å². The topological polar surface area (TPSA) is 40.5 Å². The van der Waals surface area contributed by atoms with Gasteiger partial charge < -0.3 is 5.11 Å². The third-order valence-electron chi connectivity index (χ3n) is 3.01. The third kappa shape index (κ3) is 3.65. The molecular weight excluding hydrogens is 257 g/mol. The molecule has 0 saturated heterocycles. The molecule has 0 radical (unpaired) electrons. The normalized spacial score (nSPS) is 10.8. The predicted octanol–water partition coefficient (Wildman–Crippen LogP) is 3.16. The molecule has 104 valence electrons. The summed E-state index contributed by atoms with van der Waals surface area (Å²) in [5.74, 6) is -1.94. The molecule has 20 heavy (non-hydrogen) atoms. The molecule has 0 fully saturated rings. The zero-order valence-electron chi connectivity index (χ0n) is 11.2. The number of carbonyl (C=O) groups is 1. The number of hydrogen-bond donors (Lipinski definition) is 1. The van der Waals surface area contributed by atoms with Crippen LogP contribution in [0.5, 0.6) is 0 Å². The maximum absolute atomic E-state index is 13.3. The molecule has 4 heteroatoms. The van der Waals surface area contributed by atoms with E-state index in [0.717, 1.165) is 12.1 Å². The lowest BCUT2D eigenvalue weighted by molar-refractivity contribution is 0.0691. The number of hydrogen-bond acceptors (Lipinski definition) is 2. The van der Waals surface area contributed by atoms with Gasteiger partial charge in [-0.1, -0.05) is 36.4 Å². The number of benzene rings is 2. The smallest absolute Gasteiger partial charge is 0.338 e. The second-order valence-electron chi connectivity index (χ2n) is 4.78. The summed E-state index contributed by atoms with van der Waals surface area (Å²) in [5.41, 5.74) is 1.67. The van der Waals surface area contributed by atoms with E-state index in [4.69, 9.17) is 5.11 Å². The Kier molecular flexibility index (Phi) is 4.48. The van der Waals surface area contributed by atoms with Crippen LogP contribution in [0.2, 0.25) is 0 Å². The van der Waals surface area contributed by atoms with E-state index in [2.05, 4.69) is 0 Å². The molecule has 0 heterocycles.